The third-order valence-electron chi connectivity index (χ3n) is 5.34. The van der Waals surface area contributed by atoms with Crippen molar-refractivity contribution in [1.82, 2.24) is 4.90 Å². The van der Waals surface area contributed by atoms with Crippen molar-refractivity contribution in [1.29, 1.82) is 0 Å². The molecule has 0 amide bonds. The lowest BCUT2D eigenvalue weighted by atomic mass is 9.95. The minimum Gasteiger partial charge on any atom is -0.396 e. The molecule has 0 aromatic heterocycles. The van der Waals surface area contributed by atoms with Gasteiger partial charge in [0.15, 0.2) is 0 Å². The minimum absolute atomic E-state index is 0.355. The number of aliphatic hydroxyl groups is 1. The molecule has 1 saturated carbocycles. The fraction of sp³-hybridized carbons (Fsp3) is 0.684. The number of hydrogen-bond donors (Lipinski definition) is 2. The molecule has 1 aliphatic heterocycles. The highest BCUT2D eigenvalue weighted by atomic mass is 16.3. The summed E-state index contributed by atoms with van der Waals surface area (Å²) in [5.74, 6) is 0.520. The first kappa shape index (κ1) is 15.8. The van der Waals surface area contributed by atoms with E-state index in [1.165, 1.54) is 43.4 Å². The topological polar surface area (TPSA) is 35.5 Å². The van der Waals surface area contributed by atoms with E-state index in [1.54, 1.807) is 0 Å². The highest BCUT2D eigenvalue weighted by molar-refractivity contribution is 5.51. The van der Waals surface area contributed by atoms with Gasteiger partial charge in [0.05, 0.1) is 0 Å². The molecule has 3 heteroatoms. The zero-order valence-corrected chi connectivity index (χ0v) is 13.6. The Labute approximate surface area is 134 Å². The molecular formula is C19H30N2O. The Hall–Kier alpha value is -1.06. The number of aliphatic hydroxyl groups excluding tert-OH is 1. The van der Waals surface area contributed by atoms with Crippen LogP contribution in [0.5, 0.6) is 0 Å². The fourth-order valence-corrected chi connectivity index (χ4v) is 3.83. The molecule has 122 valence electrons. The van der Waals surface area contributed by atoms with Crippen molar-refractivity contribution in [3.8, 4) is 0 Å². The summed E-state index contributed by atoms with van der Waals surface area (Å²) in [7, 11) is 0. The average Bonchev–Trinajstić information content (AvgIpc) is 2.58. The predicted octanol–water partition coefficient (Wildman–Crippen LogP) is 3.64. The van der Waals surface area contributed by atoms with E-state index in [4.69, 9.17) is 0 Å². The quantitative estimate of drug-likeness (QED) is 0.872. The molecule has 3 rings (SSSR count). The second-order valence-corrected chi connectivity index (χ2v) is 7.04. The number of benzene rings is 1. The molecular weight excluding hydrogens is 272 g/mol. The molecule has 1 saturated heterocycles. The van der Waals surface area contributed by atoms with E-state index in [0.29, 0.717) is 18.6 Å². The van der Waals surface area contributed by atoms with Crippen molar-refractivity contribution < 1.29 is 5.11 Å². The zero-order valence-electron chi connectivity index (χ0n) is 13.6. The van der Waals surface area contributed by atoms with Crippen LogP contribution in [0.25, 0.3) is 0 Å². The van der Waals surface area contributed by atoms with E-state index in [1.807, 2.05) is 0 Å². The van der Waals surface area contributed by atoms with Crippen molar-refractivity contribution in [2.24, 2.45) is 5.92 Å². The average molecular weight is 302 g/mol. The van der Waals surface area contributed by atoms with Gasteiger partial charge in [-0.15, -0.1) is 0 Å². The van der Waals surface area contributed by atoms with Crippen LogP contribution in [0.1, 0.15) is 50.5 Å². The lowest BCUT2D eigenvalue weighted by molar-refractivity contribution is 0.127. The van der Waals surface area contributed by atoms with Crippen molar-refractivity contribution in [3.05, 3.63) is 29.8 Å². The van der Waals surface area contributed by atoms with E-state index in [9.17, 15) is 5.11 Å². The molecule has 22 heavy (non-hydrogen) atoms. The van der Waals surface area contributed by atoms with E-state index in [2.05, 4.69) is 34.5 Å². The van der Waals surface area contributed by atoms with Crippen molar-refractivity contribution in [2.75, 3.05) is 25.0 Å². The maximum Gasteiger partial charge on any atom is 0.0460 e. The molecule has 2 aliphatic rings. The van der Waals surface area contributed by atoms with Crippen LogP contribution in [0, 0.1) is 5.92 Å². The van der Waals surface area contributed by atoms with Crippen LogP contribution in [0.15, 0.2) is 24.3 Å². The van der Waals surface area contributed by atoms with Gasteiger partial charge in [-0.1, -0.05) is 37.5 Å². The van der Waals surface area contributed by atoms with Gasteiger partial charge in [-0.3, -0.25) is 4.90 Å². The van der Waals surface area contributed by atoms with Gasteiger partial charge < -0.3 is 10.4 Å². The summed E-state index contributed by atoms with van der Waals surface area (Å²) >= 11 is 0. The molecule has 0 unspecified atom stereocenters. The van der Waals surface area contributed by atoms with Crippen LogP contribution < -0.4 is 5.32 Å². The molecule has 1 aromatic carbocycles. The number of nitrogens with zero attached hydrogens (tertiary/aromatic N) is 1. The second-order valence-electron chi connectivity index (χ2n) is 7.04. The van der Waals surface area contributed by atoms with E-state index < -0.39 is 0 Å². The highest BCUT2D eigenvalue weighted by Crippen LogP contribution is 2.26. The van der Waals surface area contributed by atoms with Gasteiger partial charge >= 0.3 is 0 Å². The fourth-order valence-electron chi connectivity index (χ4n) is 3.83. The number of anilines is 1. The maximum atomic E-state index is 9.26. The second kappa shape index (κ2) is 7.98. The first-order valence-electron chi connectivity index (χ1n) is 9.03. The Kier molecular flexibility index (Phi) is 5.74. The van der Waals surface area contributed by atoms with E-state index >= 15 is 0 Å². The van der Waals surface area contributed by atoms with Crippen LogP contribution in [0.3, 0.4) is 0 Å². The summed E-state index contributed by atoms with van der Waals surface area (Å²) < 4.78 is 0. The minimum atomic E-state index is 0.355. The van der Waals surface area contributed by atoms with E-state index in [-0.39, 0.29) is 0 Å². The number of para-hydroxylation sites is 1. The third-order valence-corrected chi connectivity index (χ3v) is 5.34. The lowest BCUT2D eigenvalue weighted by Crippen LogP contribution is -2.34. The van der Waals surface area contributed by atoms with Gasteiger partial charge in [0, 0.05) is 24.9 Å². The molecule has 1 aliphatic carbocycles. The SMILES string of the molecule is OCC1CCN(Cc2ccccc2NC2CCCCC2)CC1. The summed E-state index contributed by atoms with van der Waals surface area (Å²) in [6, 6.07) is 9.47. The standard InChI is InChI=1S/C19H30N2O/c22-15-16-10-12-21(13-11-16)14-17-6-4-5-9-19(17)20-18-7-2-1-3-8-18/h4-6,9,16,18,20,22H,1-3,7-8,10-15H2. The maximum absolute atomic E-state index is 9.26. The normalized spacial score (nSPS) is 21.9. The first-order chi connectivity index (χ1) is 10.8. The smallest absolute Gasteiger partial charge is 0.0460 e. The summed E-state index contributed by atoms with van der Waals surface area (Å²) in [5.41, 5.74) is 2.76. The molecule has 2 fully saturated rings. The van der Waals surface area contributed by atoms with Crippen LogP contribution >= 0.6 is 0 Å². The summed E-state index contributed by atoms with van der Waals surface area (Å²) in [4.78, 5) is 2.54. The molecule has 0 bridgehead atoms. The van der Waals surface area contributed by atoms with Crippen LogP contribution in [0.4, 0.5) is 5.69 Å². The van der Waals surface area contributed by atoms with Gasteiger partial charge in [0.25, 0.3) is 0 Å². The van der Waals surface area contributed by atoms with E-state index in [0.717, 1.165) is 32.5 Å². The Balaban J connectivity index is 1.59. The molecule has 3 nitrogen and oxygen atoms in total. The lowest BCUT2D eigenvalue weighted by Gasteiger charge is -2.32. The number of hydrogen-bond acceptors (Lipinski definition) is 3. The Morgan fingerprint density at radius 1 is 1.00 bits per heavy atom. The van der Waals surface area contributed by atoms with Crippen molar-refractivity contribution >= 4 is 5.69 Å². The summed E-state index contributed by atoms with van der Waals surface area (Å²) in [6.07, 6.45) is 9.04. The summed E-state index contributed by atoms with van der Waals surface area (Å²) in [5, 5.41) is 13.1. The molecule has 1 aromatic rings. The van der Waals surface area contributed by atoms with Gasteiger partial charge in [-0.2, -0.15) is 0 Å². The van der Waals surface area contributed by atoms with Gasteiger partial charge in [-0.25, -0.2) is 0 Å². The van der Waals surface area contributed by atoms with Gasteiger partial charge in [-0.05, 0) is 56.3 Å². The molecule has 1 heterocycles. The van der Waals surface area contributed by atoms with Crippen molar-refractivity contribution in [2.45, 2.75) is 57.5 Å². The van der Waals surface area contributed by atoms with Crippen LogP contribution in [0.2, 0.25) is 0 Å². The monoisotopic (exact) mass is 302 g/mol. The number of rotatable bonds is 5. The molecule has 0 spiro atoms. The molecule has 2 N–H and O–H groups in total. The third kappa shape index (κ3) is 4.23. The molecule has 0 radical (unpaired) electrons. The Morgan fingerprint density at radius 2 is 1.73 bits per heavy atom. The number of likely N-dealkylation sites (tertiary alicyclic amines) is 1. The number of nitrogens with one attached hydrogen (secondary N) is 1. The molecule has 0 atom stereocenters. The van der Waals surface area contributed by atoms with Crippen LogP contribution in [-0.2, 0) is 6.54 Å². The van der Waals surface area contributed by atoms with Crippen molar-refractivity contribution in [3.63, 3.8) is 0 Å². The number of piperidine rings is 1. The largest absolute Gasteiger partial charge is 0.396 e. The highest BCUT2D eigenvalue weighted by Gasteiger charge is 2.20. The summed E-state index contributed by atoms with van der Waals surface area (Å²) in [6.45, 7) is 3.62. The Bertz CT molecular complexity index is 449. The zero-order chi connectivity index (χ0) is 15.2. The van der Waals surface area contributed by atoms with Crippen LogP contribution in [-0.4, -0.2) is 35.7 Å². The predicted molar refractivity (Wildman–Crippen MR) is 92.0 cm³/mol. The Morgan fingerprint density at radius 3 is 2.45 bits per heavy atom. The van der Waals surface area contributed by atoms with Gasteiger partial charge in [0.2, 0.25) is 0 Å². The van der Waals surface area contributed by atoms with Gasteiger partial charge in [0.1, 0.15) is 0 Å². The first-order valence-corrected chi connectivity index (χ1v) is 9.03.